The van der Waals surface area contributed by atoms with Crippen molar-refractivity contribution in [2.75, 3.05) is 44.2 Å². The van der Waals surface area contributed by atoms with Crippen molar-refractivity contribution >= 4 is 5.69 Å². The van der Waals surface area contributed by atoms with Gasteiger partial charge in [0.15, 0.2) is 0 Å². The zero-order chi connectivity index (χ0) is 24.3. The summed E-state index contributed by atoms with van der Waals surface area (Å²) in [6, 6.07) is 13.4. The van der Waals surface area contributed by atoms with Crippen LogP contribution in [-0.4, -0.2) is 53.9 Å². The molecule has 0 aliphatic carbocycles. The van der Waals surface area contributed by atoms with Crippen molar-refractivity contribution in [3.05, 3.63) is 76.6 Å². The van der Waals surface area contributed by atoms with Crippen molar-refractivity contribution in [1.29, 1.82) is 0 Å². The Morgan fingerprint density at radius 3 is 2.32 bits per heavy atom. The molecule has 1 saturated heterocycles. The van der Waals surface area contributed by atoms with Crippen molar-refractivity contribution in [3.63, 3.8) is 0 Å². The summed E-state index contributed by atoms with van der Waals surface area (Å²) in [5.74, 6) is 0. The molecule has 0 amide bonds. The second-order valence-electron chi connectivity index (χ2n) is 10.8. The van der Waals surface area contributed by atoms with Crippen LogP contribution in [0.5, 0.6) is 0 Å². The van der Waals surface area contributed by atoms with Gasteiger partial charge in [-0.3, -0.25) is 4.90 Å². The largest absolute Gasteiger partial charge is 0.369 e. The summed E-state index contributed by atoms with van der Waals surface area (Å²) in [7, 11) is 0. The number of piperazine rings is 1. The predicted molar refractivity (Wildman–Crippen MR) is 143 cm³/mol. The van der Waals surface area contributed by atoms with Gasteiger partial charge in [0.25, 0.3) is 0 Å². The third-order valence-electron chi connectivity index (χ3n) is 6.83. The standard InChI is InChI=1S/C29H41N5/c1-22-8-9-26(24(3)18-22)33-16-14-32(15-17-33)13-11-30-21-25-19-23(2)20-27(28(25)29(4,5)6)34-12-7-10-31-34/h7-10,12,18-20,30H,11,13-17,21H2,1-6H3. The highest BCUT2D eigenvalue weighted by atomic mass is 15.3. The molecule has 5 heteroatoms. The highest BCUT2D eigenvalue weighted by Crippen LogP contribution is 2.32. The average Bonchev–Trinajstić information content (AvgIpc) is 3.31. The van der Waals surface area contributed by atoms with E-state index in [4.69, 9.17) is 0 Å². The number of aryl methyl sites for hydroxylation is 3. The lowest BCUT2D eigenvalue weighted by molar-refractivity contribution is 0.257. The number of rotatable bonds is 7. The van der Waals surface area contributed by atoms with E-state index < -0.39 is 0 Å². The number of hydrogen-bond acceptors (Lipinski definition) is 4. The first-order valence-corrected chi connectivity index (χ1v) is 12.6. The van der Waals surface area contributed by atoms with Gasteiger partial charge in [0.2, 0.25) is 0 Å². The molecule has 0 saturated carbocycles. The average molecular weight is 460 g/mol. The van der Waals surface area contributed by atoms with Crippen LogP contribution in [0.25, 0.3) is 5.69 Å². The van der Waals surface area contributed by atoms with E-state index in [1.54, 1.807) is 0 Å². The summed E-state index contributed by atoms with van der Waals surface area (Å²) in [4.78, 5) is 5.13. The first-order valence-electron chi connectivity index (χ1n) is 12.6. The fourth-order valence-corrected chi connectivity index (χ4v) is 5.27. The maximum Gasteiger partial charge on any atom is 0.0688 e. The fourth-order valence-electron chi connectivity index (χ4n) is 5.27. The molecule has 1 fully saturated rings. The minimum atomic E-state index is 0.0381. The maximum absolute atomic E-state index is 4.52. The van der Waals surface area contributed by atoms with Crippen LogP contribution in [-0.2, 0) is 12.0 Å². The molecule has 0 atom stereocenters. The van der Waals surface area contributed by atoms with Gasteiger partial charge in [-0.05, 0) is 66.6 Å². The SMILES string of the molecule is Cc1ccc(N2CCN(CCNCc3cc(C)cc(-n4cccn4)c3C(C)(C)C)CC2)c(C)c1. The number of aromatic nitrogens is 2. The minimum Gasteiger partial charge on any atom is -0.369 e. The molecule has 0 bridgehead atoms. The van der Waals surface area contributed by atoms with E-state index >= 15 is 0 Å². The van der Waals surface area contributed by atoms with E-state index in [2.05, 4.69) is 92.1 Å². The van der Waals surface area contributed by atoms with Crippen LogP contribution in [0, 0.1) is 20.8 Å². The van der Waals surface area contributed by atoms with Crippen molar-refractivity contribution in [3.8, 4) is 5.69 Å². The van der Waals surface area contributed by atoms with Gasteiger partial charge in [-0.1, -0.05) is 44.5 Å². The molecule has 0 unspecified atom stereocenters. The molecular formula is C29H41N5. The topological polar surface area (TPSA) is 36.3 Å². The summed E-state index contributed by atoms with van der Waals surface area (Å²) >= 11 is 0. The van der Waals surface area contributed by atoms with Gasteiger partial charge in [-0.25, -0.2) is 4.68 Å². The van der Waals surface area contributed by atoms with Crippen molar-refractivity contribution < 1.29 is 0 Å². The first kappa shape index (κ1) is 24.5. The molecule has 34 heavy (non-hydrogen) atoms. The van der Waals surface area contributed by atoms with Crippen molar-refractivity contribution in [2.24, 2.45) is 0 Å². The van der Waals surface area contributed by atoms with Gasteiger partial charge >= 0.3 is 0 Å². The Labute approximate surface area is 205 Å². The molecule has 0 radical (unpaired) electrons. The smallest absolute Gasteiger partial charge is 0.0688 e. The predicted octanol–water partition coefficient (Wildman–Crippen LogP) is 5.01. The fraction of sp³-hybridized carbons (Fsp3) is 0.483. The van der Waals surface area contributed by atoms with E-state index in [9.17, 15) is 0 Å². The van der Waals surface area contributed by atoms with Crippen LogP contribution < -0.4 is 10.2 Å². The molecule has 1 N–H and O–H groups in total. The van der Waals surface area contributed by atoms with Crippen LogP contribution in [0.3, 0.4) is 0 Å². The molecule has 0 spiro atoms. The Hall–Kier alpha value is -2.63. The van der Waals surface area contributed by atoms with Crippen LogP contribution in [0.1, 0.15) is 48.6 Å². The van der Waals surface area contributed by atoms with Gasteiger partial charge in [0.1, 0.15) is 0 Å². The third kappa shape index (κ3) is 5.70. The van der Waals surface area contributed by atoms with E-state index in [-0.39, 0.29) is 5.41 Å². The first-order chi connectivity index (χ1) is 16.2. The molecular weight excluding hydrogens is 418 g/mol. The van der Waals surface area contributed by atoms with E-state index in [1.165, 1.54) is 39.2 Å². The van der Waals surface area contributed by atoms with Crippen molar-refractivity contribution in [2.45, 2.75) is 53.5 Å². The molecule has 2 aromatic carbocycles. The molecule has 1 aromatic heterocycles. The Balaban J connectivity index is 1.34. The van der Waals surface area contributed by atoms with E-state index in [0.717, 1.165) is 45.8 Å². The number of nitrogens with zero attached hydrogens (tertiary/aromatic N) is 4. The molecule has 5 nitrogen and oxygen atoms in total. The molecule has 1 aliphatic heterocycles. The Morgan fingerprint density at radius 2 is 1.68 bits per heavy atom. The summed E-state index contributed by atoms with van der Waals surface area (Å²) in [6.45, 7) is 20.9. The van der Waals surface area contributed by atoms with Crippen molar-refractivity contribution in [1.82, 2.24) is 20.0 Å². The number of benzene rings is 2. The Kier molecular flexibility index (Phi) is 7.44. The van der Waals surface area contributed by atoms with Gasteiger partial charge < -0.3 is 10.2 Å². The summed E-state index contributed by atoms with van der Waals surface area (Å²) in [5, 5.41) is 8.26. The van der Waals surface area contributed by atoms with Crippen LogP contribution >= 0.6 is 0 Å². The lowest BCUT2D eigenvalue weighted by atomic mass is 9.81. The zero-order valence-corrected chi connectivity index (χ0v) is 21.9. The second kappa shape index (κ2) is 10.3. The lowest BCUT2D eigenvalue weighted by Gasteiger charge is -2.37. The van der Waals surface area contributed by atoms with E-state index in [1.807, 2.05) is 23.1 Å². The third-order valence-corrected chi connectivity index (χ3v) is 6.83. The van der Waals surface area contributed by atoms with Gasteiger partial charge in [0, 0.05) is 63.9 Å². The van der Waals surface area contributed by atoms with Gasteiger partial charge in [-0.2, -0.15) is 5.10 Å². The Morgan fingerprint density at radius 1 is 0.912 bits per heavy atom. The number of anilines is 1. The monoisotopic (exact) mass is 459 g/mol. The molecule has 3 aromatic rings. The number of nitrogens with one attached hydrogen (secondary N) is 1. The molecule has 4 rings (SSSR count). The lowest BCUT2D eigenvalue weighted by Crippen LogP contribution is -2.48. The molecule has 2 heterocycles. The molecule has 1 aliphatic rings. The summed E-state index contributed by atoms with van der Waals surface area (Å²) in [6.07, 6.45) is 3.89. The number of hydrogen-bond donors (Lipinski definition) is 1. The van der Waals surface area contributed by atoms with Crippen LogP contribution in [0.2, 0.25) is 0 Å². The van der Waals surface area contributed by atoms with Gasteiger partial charge in [-0.15, -0.1) is 0 Å². The van der Waals surface area contributed by atoms with Crippen LogP contribution in [0.4, 0.5) is 5.69 Å². The minimum absolute atomic E-state index is 0.0381. The maximum atomic E-state index is 4.52. The van der Waals surface area contributed by atoms with Gasteiger partial charge in [0.05, 0.1) is 5.69 Å². The highest BCUT2D eigenvalue weighted by molar-refractivity contribution is 5.55. The van der Waals surface area contributed by atoms with Crippen LogP contribution in [0.15, 0.2) is 48.8 Å². The Bertz CT molecular complexity index is 1090. The molecule has 182 valence electrons. The summed E-state index contributed by atoms with van der Waals surface area (Å²) < 4.78 is 2.01. The normalized spacial score (nSPS) is 15.2. The second-order valence-corrected chi connectivity index (χ2v) is 10.8. The van der Waals surface area contributed by atoms with E-state index in [0.29, 0.717) is 0 Å². The zero-order valence-electron chi connectivity index (χ0n) is 21.9. The summed E-state index contributed by atoms with van der Waals surface area (Å²) in [5.41, 5.74) is 9.37. The quantitative estimate of drug-likeness (QED) is 0.504. The highest BCUT2D eigenvalue weighted by Gasteiger charge is 2.24.